The summed E-state index contributed by atoms with van der Waals surface area (Å²) < 4.78 is 0. The molecular weight excluding hydrogens is 254 g/mol. The fraction of sp³-hybridized carbons (Fsp3) is 0.125. The number of hydrogen-bond donors (Lipinski definition) is 2. The van der Waals surface area contributed by atoms with Crippen LogP contribution in [0.4, 0.5) is 5.69 Å². The van der Waals surface area contributed by atoms with E-state index in [1.807, 2.05) is 13.8 Å². The van der Waals surface area contributed by atoms with E-state index in [4.69, 9.17) is 10.8 Å². The van der Waals surface area contributed by atoms with Gasteiger partial charge < -0.3 is 10.8 Å². The number of aromatic carboxylic acids is 1. The number of carbonyl (C=O) groups is 2. The van der Waals surface area contributed by atoms with Crippen LogP contribution in [0, 0.1) is 13.8 Å². The third-order valence-electron chi connectivity index (χ3n) is 3.48. The Morgan fingerprint density at radius 2 is 1.50 bits per heavy atom. The Morgan fingerprint density at radius 3 is 2.10 bits per heavy atom. The first-order valence-corrected chi connectivity index (χ1v) is 6.16. The monoisotopic (exact) mass is 269 g/mol. The van der Waals surface area contributed by atoms with Gasteiger partial charge in [-0.15, -0.1) is 0 Å². The molecule has 2 aromatic rings. The molecule has 0 saturated heterocycles. The lowest BCUT2D eigenvalue weighted by molar-refractivity contribution is 0.0693. The number of ketones is 1. The molecule has 20 heavy (non-hydrogen) atoms. The number of nitrogen functional groups attached to an aromatic ring is 1. The predicted octanol–water partition coefficient (Wildman–Crippen LogP) is 2.81. The van der Waals surface area contributed by atoms with Crippen molar-refractivity contribution >= 4 is 17.4 Å². The summed E-state index contributed by atoms with van der Waals surface area (Å²) in [5.41, 5.74) is 8.70. The third-order valence-corrected chi connectivity index (χ3v) is 3.48. The van der Waals surface area contributed by atoms with Crippen LogP contribution in [-0.2, 0) is 0 Å². The normalized spacial score (nSPS) is 10.3. The second kappa shape index (κ2) is 5.17. The Morgan fingerprint density at radius 1 is 0.900 bits per heavy atom. The molecule has 0 aliphatic carbocycles. The highest BCUT2D eigenvalue weighted by molar-refractivity contribution is 6.15. The molecular formula is C16H15NO3. The minimum atomic E-state index is -1.11. The van der Waals surface area contributed by atoms with Crippen LogP contribution < -0.4 is 5.73 Å². The Hall–Kier alpha value is -2.62. The van der Waals surface area contributed by atoms with E-state index < -0.39 is 5.97 Å². The van der Waals surface area contributed by atoms with Crippen molar-refractivity contribution in [2.75, 3.05) is 5.73 Å². The molecule has 4 nitrogen and oxygen atoms in total. The van der Waals surface area contributed by atoms with Crippen LogP contribution in [0.2, 0.25) is 0 Å². The standard InChI is InChI=1S/C16H15NO3/c1-9-10(2)14(17)8-7-11(9)15(18)12-5-3-4-6-13(12)16(19)20/h3-8H,17H2,1-2H3,(H,19,20). The van der Waals surface area contributed by atoms with Gasteiger partial charge in [0.05, 0.1) is 5.56 Å². The molecule has 0 heterocycles. The van der Waals surface area contributed by atoms with Gasteiger partial charge in [0.2, 0.25) is 0 Å². The number of carboxylic acid groups (broad SMARTS) is 1. The molecule has 2 rings (SSSR count). The Balaban J connectivity index is 2.58. The highest BCUT2D eigenvalue weighted by atomic mass is 16.4. The summed E-state index contributed by atoms with van der Waals surface area (Å²) >= 11 is 0. The molecule has 4 heteroatoms. The zero-order chi connectivity index (χ0) is 14.9. The van der Waals surface area contributed by atoms with Crippen molar-refractivity contribution in [1.82, 2.24) is 0 Å². The van der Waals surface area contributed by atoms with Crippen molar-refractivity contribution in [3.63, 3.8) is 0 Å². The number of benzene rings is 2. The molecule has 3 N–H and O–H groups in total. The van der Waals surface area contributed by atoms with Crippen molar-refractivity contribution < 1.29 is 14.7 Å². The maximum Gasteiger partial charge on any atom is 0.336 e. The van der Waals surface area contributed by atoms with Crippen LogP contribution in [0.15, 0.2) is 36.4 Å². The van der Waals surface area contributed by atoms with E-state index in [1.54, 1.807) is 24.3 Å². The van der Waals surface area contributed by atoms with E-state index in [1.165, 1.54) is 12.1 Å². The van der Waals surface area contributed by atoms with E-state index in [0.717, 1.165) is 11.1 Å². The molecule has 0 radical (unpaired) electrons. The summed E-state index contributed by atoms with van der Waals surface area (Å²) in [5.74, 6) is -1.41. The molecule has 0 aromatic heterocycles. The number of hydrogen-bond acceptors (Lipinski definition) is 3. The van der Waals surface area contributed by atoms with Gasteiger partial charge in [0.1, 0.15) is 0 Å². The minimum Gasteiger partial charge on any atom is -0.478 e. The number of carbonyl (C=O) groups excluding carboxylic acids is 1. The van der Waals surface area contributed by atoms with E-state index in [-0.39, 0.29) is 16.9 Å². The van der Waals surface area contributed by atoms with Crippen LogP contribution in [0.25, 0.3) is 0 Å². The molecule has 102 valence electrons. The van der Waals surface area contributed by atoms with E-state index >= 15 is 0 Å². The van der Waals surface area contributed by atoms with Crippen molar-refractivity contribution in [3.8, 4) is 0 Å². The first-order chi connectivity index (χ1) is 9.43. The van der Waals surface area contributed by atoms with Gasteiger partial charge in [-0.3, -0.25) is 4.79 Å². The maximum absolute atomic E-state index is 12.6. The average Bonchev–Trinajstić information content (AvgIpc) is 2.44. The molecule has 0 spiro atoms. The predicted molar refractivity (Wildman–Crippen MR) is 77.2 cm³/mol. The van der Waals surface area contributed by atoms with E-state index in [0.29, 0.717) is 11.3 Å². The van der Waals surface area contributed by atoms with Crippen molar-refractivity contribution in [3.05, 3.63) is 64.2 Å². The number of carboxylic acids is 1. The molecule has 0 amide bonds. The van der Waals surface area contributed by atoms with Gasteiger partial charge in [-0.25, -0.2) is 4.79 Å². The lowest BCUT2D eigenvalue weighted by Gasteiger charge is -2.11. The number of anilines is 1. The van der Waals surface area contributed by atoms with E-state index in [2.05, 4.69) is 0 Å². The number of nitrogens with two attached hydrogens (primary N) is 1. The third kappa shape index (κ3) is 2.28. The molecule has 0 aliphatic heterocycles. The topological polar surface area (TPSA) is 80.4 Å². The second-order valence-electron chi connectivity index (χ2n) is 4.63. The highest BCUT2D eigenvalue weighted by Gasteiger charge is 2.19. The van der Waals surface area contributed by atoms with Crippen LogP contribution in [0.5, 0.6) is 0 Å². The van der Waals surface area contributed by atoms with Crippen LogP contribution in [0.1, 0.15) is 37.4 Å². The zero-order valence-electron chi connectivity index (χ0n) is 11.3. The summed E-state index contributed by atoms with van der Waals surface area (Å²) in [6.45, 7) is 3.65. The quantitative estimate of drug-likeness (QED) is 0.663. The summed E-state index contributed by atoms with van der Waals surface area (Å²) in [4.78, 5) is 23.7. The van der Waals surface area contributed by atoms with Gasteiger partial charge in [-0.2, -0.15) is 0 Å². The van der Waals surface area contributed by atoms with Gasteiger partial charge in [0, 0.05) is 16.8 Å². The largest absolute Gasteiger partial charge is 0.478 e. The van der Waals surface area contributed by atoms with Gasteiger partial charge in [0.25, 0.3) is 0 Å². The minimum absolute atomic E-state index is 0.00591. The molecule has 0 fully saturated rings. The Kier molecular flexibility index (Phi) is 3.57. The van der Waals surface area contributed by atoms with Gasteiger partial charge >= 0.3 is 5.97 Å². The highest BCUT2D eigenvalue weighted by Crippen LogP contribution is 2.23. The Labute approximate surface area is 116 Å². The molecule has 0 aliphatic rings. The fourth-order valence-corrected chi connectivity index (χ4v) is 2.10. The van der Waals surface area contributed by atoms with Gasteiger partial charge in [-0.05, 0) is 43.2 Å². The van der Waals surface area contributed by atoms with Gasteiger partial charge in [0.15, 0.2) is 5.78 Å². The van der Waals surface area contributed by atoms with Crippen LogP contribution in [0.3, 0.4) is 0 Å². The molecule has 2 aromatic carbocycles. The smallest absolute Gasteiger partial charge is 0.336 e. The summed E-state index contributed by atoms with van der Waals surface area (Å²) in [5, 5.41) is 9.16. The first kappa shape index (κ1) is 13.8. The maximum atomic E-state index is 12.6. The first-order valence-electron chi connectivity index (χ1n) is 6.16. The SMILES string of the molecule is Cc1c(N)ccc(C(=O)c2ccccc2C(=O)O)c1C. The summed E-state index contributed by atoms with van der Waals surface area (Å²) in [6, 6.07) is 9.50. The molecule has 0 bridgehead atoms. The number of rotatable bonds is 3. The van der Waals surface area contributed by atoms with Gasteiger partial charge in [-0.1, -0.05) is 18.2 Å². The lowest BCUT2D eigenvalue weighted by Crippen LogP contribution is -2.11. The van der Waals surface area contributed by atoms with Crippen molar-refractivity contribution in [2.24, 2.45) is 0 Å². The zero-order valence-corrected chi connectivity index (χ0v) is 11.3. The lowest BCUT2D eigenvalue weighted by atomic mass is 9.93. The van der Waals surface area contributed by atoms with Crippen LogP contribution in [-0.4, -0.2) is 16.9 Å². The van der Waals surface area contributed by atoms with Crippen molar-refractivity contribution in [2.45, 2.75) is 13.8 Å². The van der Waals surface area contributed by atoms with Crippen molar-refractivity contribution in [1.29, 1.82) is 0 Å². The summed E-state index contributed by atoms with van der Waals surface area (Å²) in [6.07, 6.45) is 0. The fourth-order valence-electron chi connectivity index (χ4n) is 2.10. The molecule has 0 atom stereocenters. The van der Waals surface area contributed by atoms with Crippen LogP contribution >= 0.6 is 0 Å². The summed E-state index contributed by atoms with van der Waals surface area (Å²) in [7, 11) is 0. The Bertz CT molecular complexity index is 705. The average molecular weight is 269 g/mol. The second-order valence-corrected chi connectivity index (χ2v) is 4.63. The van der Waals surface area contributed by atoms with E-state index in [9.17, 15) is 9.59 Å². The molecule has 0 saturated carbocycles. The molecule has 0 unspecified atom stereocenters.